The summed E-state index contributed by atoms with van der Waals surface area (Å²) >= 11 is 4.73. The van der Waals surface area contributed by atoms with Crippen molar-refractivity contribution in [2.75, 3.05) is 5.32 Å². The predicted molar refractivity (Wildman–Crippen MR) is 79.7 cm³/mol. The third kappa shape index (κ3) is 2.63. The molecule has 3 rings (SSSR count). The second-order valence-corrected chi connectivity index (χ2v) is 5.76. The molecule has 0 atom stereocenters. The van der Waals surface area contributed by atoms with Gasteiger partial charge in [0.05, 0.1) is 4.88 Å². The van der Waals surface area contributed by atoms with E-state index in [0.717, 1.165) is 10.0 Å². The summed E-state index contributed by atoms with van der Waals surface area (Å²) in [7, 11) is 0. The van der Waals surface area contributed by atoms with Gasteiger partial charge in [-0.3, -0.25) is 4.79 Å². The van der Waals surface area contributed by atoms with Gasteiger partial charge in [0.1, 0.15) is 0 Å². The Morgan fingerprint density at radius 1 is 1.20 bits per heavy atom. The van der Waals surface area contributed by atoms with Crippen molar-refractivity contribution in [3.63, 3.8) is 0 Å². The number of thiophene rings is 1. The SMILES string of the molecule is O=C(Nc1nonc1-c1ccc(Br)cc1)c1cccs1. The van der Waals surface area contributed by atoms with Gasteiger partial charge < -0.3 is 5.32 Å². The molecule has 0 aliphatic rings. The highest BCUT2D eigenvalue weighted by molar-refractivity contribution is 9.10. The van der Waals surface area contributed by atoms with Crippen molar-refractivity contribution in [2.24, 2.45) is 0 Å². The minimum Gasteiger partial charge on any atom is -0.301 e. The van der Waals surface area contributed by atoms with Gasteiger partial charge in [0.2, 0.25) is 5.82 Å². The largest absolute Gasteiger partial charge is 0.301 e. The van der Waals surface area contributed by atoms with Gasteiger partial charge in [-0.15, -0.1) is 11.3 Å². The first-order valence-corrected chi connectivity index (χ1v) is 7.34. The summed E-state index contributed by atoms with van der Waals surface area (Å²) in [5.74, 6) is 0.0831. The van der Waals surface area contributed by atoms with Crippen LogP contribution in [-0.4, -0.2) is 16.2 Å². The molecule has 0 saturated heterocycles. The summed E-state index contributed by atoms with van der Waals surface area (Å²) < 4.78 is 5.69. The van der Waals surface area contributed by atoms with Gasteiger partial charge in [0.25, 0.3) is 5.91 Å². The van der Waals surface area contributed by atoms with E-state index in [9.17, 15) is 4.79 Å². The Labute approximate surface area is 126 Å². The lowest BCUT2D eigenvalue weighted by atomic mass is 10.1. The molecule has 2 heterocycles. The van der Waals surface area contributed by atoms with E-state index in [0.29, 0.717) is 16.4 Å². The standard InChI is InChI=1S/C13H8BrN3O2S/c14-9-5-3-8(4-6-9)11-12(17-19-16-11)15-13(18)10-2-1-7-20-10/h1-7H,(H,15,17,18). The normalized spacial score (nSPS) is 10.4. The third-order valence-corrected chi connectivity index (χ3v) is 3.98. The van der Waals surface area contributed by atoms with Crippen LogP contribution in [0.15, 0.2) is 50.9 Å². The summed E-state index contributed by atoms with van der Waals surface area (Å²) in [6, 6.07) is 11.1. The lowest BCUT2D eigenvalue weighted by Crippen LogP contribution is -2.11. The lowest BCUT2D eigenvalue weighted by molar-refractivity contribution is 0.102. The van der Waals surface area contributed by atoms with Gasteiger partial charge >= 0.3 is 0 Å². The third-order valence-electron chi connectivity index (χ3n) is 2.58. The Bertz CT molecular complexity index is 722. The van der Waals surface area contributed by atoms with E-state index < -0.39 is 0 Å². The molecule has 7 heteroatoms. The van der Waals surface area contributed by atoms with Crippen LogP contribution in [0.25, 0.3) is 11.3 Å². The average Bonchev–Trinajstić information content (AvgIpc) is 3.10. The van der Waals surface area contributed by atoms with Crippen LogP contribution in [0.4, 0.5) is 5.82 Å². The Kier molecular flexibility index (Phi) is 3.62. The smallest absolute Gasteiger partial charge is 0.267 e. The van der Waals surface area contributed by atoms with Crippen LogP contribution in [0.5, 0.6) is 0 Å². The number of anilines is 1. The van der Waals surface area contributed by atoms with Gasteiger partial charge in [-0.25, -0.2) is 4.63 Å². The Morgan fingerprint density at radius 2 is 2.00 bits per heavy atom. The maximum Gasteiger partial charge on any atom is 0.267 e. The maximum atomic E-state index is 12.0. The van der Waals surface area contributed by atoms with Crippen LogP contribution < -0.4 is 5.32 Å². The quantitative estimate of drug-likeness (QED) is 0.780. The van der Waals surface area contributed by atoms with Crippen LogP contribution >= 0.6 is 27.3 Å². The number of rotatable bonds is 3. The molecule has 0 fully saturated rings. The fraction of sp³-hybridized carbons (Fsp3) is 0. The summed E-state index contributed by atoms with van der Waals surface area (Å²) in [6.45, 7) is 0. The first-order valence-electron chi connectivity index (χ1n) is 5.67. The zero-order valence-electron chi connectivity index (χ0n) is 10.0. The molecular formula is C13H8BrN3O2S. The summed E-state index contributed by atoms with van der Waals surface area (Å²) in [5, 5.41) is 12.1. The topological polar surface area (TPSA) is 68.0 Å². The second-order valence-electron chi connectivity index (χ2n) is 3.90. The van der Waals surface area contributed by atoms with E-state index in [1.54, 1.807) is 6.07 Å². The fourth-order valence-corrected chi connectivity index (χ4v) is 2.53. The molecule has 1 N–H and O–H groups in total. The molecule has 0 radical (unpaired) electrons. The van der Waals surface area contributed by atoms with Gasteiger partial charge in [-0.2, -0.15) is 0 Å². The highest BCUT2D eigenvalue weighted by atomic mass is 79.9. The average molecular weight is 350 g/mol. The molecule has 0 spiro atoms. The zero-order valence-corrected chi connectivity index (χ0v) is 12.4. The molecule has 100 valence electrons. The van der Waals surface area contributed by atoms with Crippen molar-refractivity contribution >= 4 is 39.0 Å². The Hall–Kier alpha value is -1.99. The Morgan fingerprint density at radius 3 is 2.70 bits per heavy atom. The van der Waals surface area contributed by atoms with E-state index in [2.05, 4.69) is 31.6 Å². The number of benzene rings is 1. The van der Waals surface area contributed by atoms with Crippen LogP contribution in [0.3, 0.4) is 0 Å². The van der Waals surface area contributed by atoms with Crippen molar-refractivity contribution in [2.45, 2.75) is 0 Å². The summed E-state index contributed by atoms with van der Waals surface area (Å²) in [5.41, 5.74) is 1.32. The second kappa shape index (κ2) is 5.56. The predicted octanol–water partition coefficient (Wildman–Crippen LogP) is 3.81. The molecular weight excluding hydrogens is 342 g/mol. The number of hydrogen-bond acceptors (Lipinski definition) is 5. The van der Waals surface area contributed by atoms with Gasteiger partial charge in [0.15, 0.2) is 5.69 Å². The molecule has 0 unspecified atom stereocenters. The molecule has 0 saturated carbocycles. The van der Waals surface area contributed by atoms with Gasteiger partial charge in [-0.05, 0) is 33.9 Å². The monoisotopic (exact) mass is 349 g/mol. The van der Waals surface area contributed by atoms with Crippen LogP contribution in [0.2, 0.25) is 0 Å². The number of hydrogen-bond donors (Lipinski definition) is 1. The van der Waals surface area contributed by atoms with E-state index >= 15 is 0 Å². The number of carbonyl (C=O) groups excluding carboxylic acids is 1. The minimum atomic E-state index is -0.228. The minimum absolute atomic E-state index is 0.228. The number of aromatic nitrogens is 2. The van der Waals surface area contributed by atoms with E-state index in [1.807, 2.05) is 35.7 Å². The molecule has 1 aromatic carbocycles. The molecule has 2 aromatic heterocycles. The van der Waals surface area contributed by atoms with Gasteiger partial charge in [0, 0.05) is 10.0 Å². The number of amides is 1. The summed E-state index contributed by atoms with van der Waals surface area (Å²) in [4.78, 5) is 12.6. The van der Waals surface area contributed by atoms with Crippen LogP contribution in [-0.2, 0) is 0 Å². The number of carbonyl (C=O) groups is 1. The molecule has 0 aliphatic carbocycles. The van der Waals surface area contributed by atoms with E-state index in [1.165, 1.54) is 11.3 Å². The van der Waals surface area contributed by atoms with E-state index in [4.69, 9.17) is 4.63 Å². The number of nitrogens with zero attached hydrogens (tertiary/aromatic N) is 2. The van der Waals surface area contributed by atoms with Crippen LogP contribution in [0.1, 0.15) is 9.67 Å². The van der Waals surface area contributed by atoms with Crippen molar-refractivity contribution in [3.05, 3.63) is 51.1 Å². The Balaban J connectivity index is 1.87. The van der Waals surface area contributed by atoms with Crippen molar-refractivity contribution < 1.29 is 9.42 Å². The van der Waals surface area contributed by atoms with Crippen molar-refractivity contribution in [3.8, 4) is 11.3 Å². The molecule has 0 bridgehead atoms. The molecule has 20 heavy (non-hydrogen) atoms. The molecule has 0 aliphatic heterocycles. The van der Waals surface area contributed by atoms with Crippen molar-refractivity contribution in [1.29, 1.82) is 0 Å². The highest BCUT2D eigenvalue weighted by Gasteiger charge is 2.16. The molecule has 5 nitrogen and oxygen atoms in total. The fourth-order valence-electron chi connectivity index (χ4n) is 1.64. The number of halogens is 1. The zero-order chi connectivity index (χ0) is 13.9. The number of nitrogens with one attached hydrogen (secondary N) is 1. The van der Waals surface area contributed by atoms with Crippen molar-refractivity contribution in [1.82, 2.24) is 10.3 Å². The van der Waals surface area contributed by atoms with E-state index in [-0.39, 0.29) is 5.91 Å². The molecule has 3 aromatic rings. The van der Waals surface area contributed by atoms with Gasteiger partial charge in [-0.1, -0.05) is 34.1 Å². The summed E-state index contributed by atoms with van der Waals surface area (Å²) in [6.07, 6.45) is 0. The first kappa shape index (κ1) is 13.0. The first-order chi connectivity index (χ1) is 9.74. The highest BCUT2D eigenvalue weighted by Crippen LogP contribution is 2.26. The maximum absolute atomic E-state index is 12.0. The van der Waals surface area contributed by atoms with Crippen LogP contribution in [0, 0.1) is 0 Å². The lowest BCUT2D eigenvalue weighted by Gasteiger charge is -2.01. The molecule has 1 amide bonds.